The minimum atomic E-state index is -0.806. The Morgan fingerprint density at radius 1 is 0.440 bits per heavy atom. The zero-order chi connectivity index (χ0) is 53.0. The van der Waals surface area contributed by atoms with Gasteiger partial charge in [0.15, 0.2) is 0 Å². The van der Waals surface area contributed by atoms with Crippen molar-refractivity contribution in [2.24, 2.45) is 0 Å². The quantitative estimate of drug-likeness (QED) is 0.183. The van der Waals surface area contributed by atoms with Gasteiger partial charge in [-0.2, -0.15) is 0 Å². The van der Waals surface area contributed by atoms with Gasteiger partial charge >= 0.3 is 0 Å². The van der Waals surface area contributed by atoms with Gasteiger partial charge in [-0.3, -0.25) is 0 Å². The lowest BCUT2D eigenvalue weighted by Crippen LogP contribution is -2.11. The molecule has 0 fully saturated rings. The van der Waals surface area contributed by atoms with Crippen molar-refractivity contribution in [2.75, 3.05) is 4.90 Å². The lowest BCUT2D eigenvalue weighted by Gasteiger charge is -2.28. The molecule has 1 heterocycles. The van der Waals surface area contributed by atoms with Crippen molar-refractivity contribution in [2.45, 2.75) is 0 Å². The maximum atomic E-state index is 9.97. The largest absolute Gasteiger partial charge is 0.455 e. The SMILES string of the molecule is [2H]c1c([2H])c(N(c2ccc(-c3c([2H])c([2H])c4c([2H])c([2H])c([2H])c([2H])c4c3[2H])cc2)c2c([2H])c([2H])c([2H])c3c([2H])c([2H])c([2H])c([2H])c23)c2c(oc3ccccc32)c1-c1c([2H])c([2H])c2c([2H])c([2H])c([2H])c([2H])c2c1[2H]. The summed E-state index contributed by atoms with van der Waals surface area (Å²) in [6.07, 6.45) is 0. The number of anilines is 3. The van der Waals surface area contributed by atoms with E-state index in [-0.39, 0.29) is 55.2 Å². The van der Waals surface area contributed by atoms with Crippen LogP contribution in [0.5, 0.6) is 0 Å². The van der Waals surface area contributed by atoms with Gasteiger partial charge < -0.3 is 9.32 Å². The van der Waals surface area contributed by atoms with Crippen molar-refractivity contribution in [1.29, 1.82) is 0 Å². The number of fused-ring (bicyclic) bond motifs is 6. The van der Waals surface area contributed by atoms with Gasteiger partial charge in [-0.25, -0.2) is 0 Å². The molecule has 0 bridgehead atoms. The third-order valence-corrected chi connectivity index (χ3v) is 8.27. The average molecular weight is 661 g/mol. The van der Waals surface area contributed by atoms with Gasteiger partial charge in [-0.05, 0) is 92.0 Å². The van der Waals surface area contributed by atoms with Gasteiger partial charge in [0.05, 0.1) is 48.3 Å². The molecule has 0 saturated heterocycles. The summed E-state index contributed by atoms with van der Waals surface area (Å²) in [6, 6.07) is -4.44. The number of nitrogens with zero attached hydrogens (tertiary/aromatic N) is 1. The van der Waals surface area contributed by atoms with E-state index in [9.17, 15) is 8.22 Å². The lowest BCUT2D eigenvalue weighted by molar-refractivity contribution is 0.670. The van der Waals surface area contributed by atoms with E-state index in [1.807, 2.05) is 0 Å². The molecule has 2 nitrogen and oxygen atoms in total. The maximum absolute atomic E-state index is 9.97. The van der Waals surface area contributed by atoms with Crippen LogP contribution < -0.4 is 4.90 Å². The van der Waals surface area contributed by atoms with Crippen LogP contribution in [0.15, 0.2) is 192 Å². The predicted octanol–water partition coefficient (Wildman–Crippen LogP) is 13.8. The molecular weight excluding hydrogens is 607 g/mol. The highest BCUT2D eigenvalue weighted by atomic mass is 16.3. The third-order valence-electron chi connectivity index (χ3n) is 8.27. The van der Waals surface area contributed by atoms with Crippen molar-refractivity contribution in [1.82, 2.24) is 0 Å². The molecule has 234 valence electrons. The zero-order valence-electron chi connectivity index (χ0n) is 48.5. The number of rotatable bonds is 5. The highest BCUT2D eigenvalue weighted by molar-refractivity contribution is 6.18. The highest BCUT2D eigenvalue weighted by Gasteiger charge is 2.23. The Kier molecular flexibility index (Phi) is 3.15. The first-order valence-electron chi connectivity index (χ1n) is 26.7. The fourth-order valence-electron chi connectivity index (χ4n) is 5.99. The monoisotopic (exact) mass is 660 g/mol. The van der Waals surface area contributed by atoms with E-state index in [1.165, 1.54) is 30.3 Å². The Balaban J connectivity index is 1.37. The number of hydrogen-bond donors (Lipinski definition) is 0. The Labute approximate surface area is 322 Å². The Morgan fingerprint density at radius 2 is 1.08 bits per heavy atom. The molecule has 1 aromatic heterocycles. The Hall–Kier alpha value is -6.64. The average Bonchev–Trinajstić information content (AvgIpc) is 3.75. The number of hydrogen-bond acceptors (Lipinski definition) is 2. The van der Waals surface area contributed by atoms with Crippen molar-refractivity contribution < 1.29 is 35.9 Å². The molecule has 2 heteroatoms. The first-order valence-corrected chi connectivity index (χ1v) is 15.2. The molecule has 0 aliphatic carbocycles. The summed E-state index contributed by atoms with van der Waals surface area (Å²) in [6.45, 7) is 0. The second-order valence-electron chi connectivity index (χ2n) is 11.1. The molecule has 0 aliphatic rings. The summed E-state index contributed by atoms with van der Waals surface area (Å²) in [4.78, 5) is 1.15. The van der Waals surface area contributed by atoms with Gasteiger partial charge in [0.1, 0.15) is 11.2 Å². The van der Waals surface area contributed by atoms with E-state index in [1.54, 1.807) is 18.2 Å². The van der Waals surface area contributed by atoms with Crippen molar-refractivity contribution in [3.05, 3.63) is 188 Å². The first-order chi connectivity index (χ1) is 34.4. The van der Waals surface area contributed by atoms with E-state index in [0.29, 0.717) is 0 Å². The number of furan rings is 1. The molecule has 0 amide bonds. The van der Waals surface area contributed by atoms with Crippen LogP contribution in [0.3, 0.4) is 0 Å². The van der Waals surface area contributed by atoms with Crippen molar-refractivity contribution in [3.8, 4) is 22.3 Å². The van der Waals surface area contributed by atoms with Crippen LogP contribution >= 0.6 is 0 Å². The van der Waals surface area contributed by atoms with E-state index in [0.717, 1.165) is 4.90 Å². The Bertz CT molecular complexity index is 4180. The lowest BCUT2D eigenvalue weighted by atomic mass is 9.97. The van der Waals surface area contributed by atoms with Gasteiger partial charge in [-0.1, -0.05) is 139 Å². The van der Waals surface area contributed by atoms with Gasteiger partial charge in [0.25, 0.3) is 0 Å². The normalized spacial score (nSPS) is 18.0. The summed E-state index contributed by atoms with van der Waals surface area (Å²) in [5.74, 6) is 0. The van der Waals surface area contributed by atoms with Gasteiger partial charge in [-0.15, -0.1) is 0 Å². The van der Waals surface area contributed by atoms with Crippen LogP contribution in [0.4, 0.5) is 17.1 Å². The molecule has 10 aromatic rings. The second-order valence-corrected chi connectivity index (χ2v) is 11.1. The fourth-order valence-corrected chi connectivity index (χ4v) is 5.99. The molecule has 0 spiro atoms. The van der Waals surface area contributed by atoms with E-state index in [4.69, 9.17) is 27.7 Å². The third kappa shape index (κ3) is 4.65. The van der Waals surface area contributed by atoms with Crippen LogP contribution in [-0.4, -0.2) is 0 Å². The van der Waals surface area contributed by atoms with Crippen LogP contribution in [0.25, 0.3) is 76.5 Å². The maximum Gasteiger partial charge on any atom is 0.145 e. The zero-order valence-corrected chi connectivity index (χ0v) is 25.5. The smallest absolute Gasteiger partial charge is 0.145 e. The van der Waals surface area contributed by atoms with Crippen LogP contribution in [0.1, 0.15) is 31.5 Å². The van der Waals surface area contributed by atoms with E-state index < -0.39 is 177 Å². The summed E-state index contributed by atoms with van der Waals surface area (Å²) >= 11 is 0. The van der Waals surface area contributed by atoms with Gasteiger partial charge in [0, 0.05) is 22.0 Å². The summed E-state index contributed by atoms with van der Waals surface area (Å²) < 4.78 is 211. The molecule has 0 saturated carbocycles. The van der Waals surface area contributed by atoms with E-state index in [2.05, 4.69) is 0 Å². The summed E-state index contributed by atoms with van der Waals surface area (Å²) in [5, 5.41) is -2.34. The van der Waals surface area contributed by atoms with E-state index >= 15 is 0 Å². The molecule has 0 atom stereocenters. The standard InChI is InChI=1S/C48H31NO/c1-3-13-36-30-38(22-20-32(36)10-1)34-24-26-40(27-25-34)49(44-18-9-15-35-12-5-6-16-41(35)44)45-29-28-42(39-23-21-33-11-2-4-14-37(33)31-39)48-47(45)43-17-7-8-19-46(43)50-48/h1-31H/i1D,2D,3D,4D,5D,6D,9D,10D,11D,12D,13D,14D,15D,16D,18D,20D,21D,22D,23D,28D,29D,30D,31D. The topological polar surface area (TPSA) is 16.4 Å². The molecule has 50 heavy (non-hydrogen) atoms. The number of benzene rings is 9. The molecule has 9 aromatic carbocycles. The second kappa shape index (κ2) is 11.5. The molecular formula is C48H31NO. The minimum Gasteiger partial charge on any atom is -0.455 e. The van der Waals surface area contributed by atoms with Crippen molar-refractivity contribution >= 4 is 71.3 Å². The van der Waals surface area contributed by atoms with Gasteiger partial charge in [0.2, 0.25) is 0 Å². The Morgan fingerprint density at radius 3 is 1.86 bits per heavy atom. The first kappa shape index (κ1) is 13.7. The molecule has 0 aliphatic heterocycles. The molecule has 0 N–H and O–H groups in total. The van der Waals surface area contributed by atoms with Crippen LogP contribution in [0.2, 0.25) is 0 Å². The van der Waals surface area contributed by atoms with Crippen LogP contribution in [0, 0.1) is 0 Å². The minimum absolute atomic E-state index is 0.0648. The fraction of sp³-hybridized carbons (Fsp3) is 0. The summed E-state index contributed by atoms with van der Waals surface area (Å²) in [7, 11) is 0. The molecule has 0 unspecified atom stereocenters. The number of para-hydroxylation sites is 1. The molecule has 10 rings (SSSR count). The molecule has 0 radical (unpaired) electrons. The van der Waals surface area contributed by atoms with Crippen LogP contribution in [-0.2, 0) is 0 Å². The van der Waals surface area contributed by atoms with Crippen molar-refractivity contribution in [3.63, 3.8) is 0 Å². The summed E-state index contributed by atoms with van der Waals surface area (Å²) in [5.41, 5.74) is -2.19. The highest BCUT2D eigenvalue weighted by Crippen LogP contribution is 2.47. The predicted molar refractivity (Wildman–Crippen MR) is 212 cm³/mol.